The highest BCUT2D eigenvalue weighted by atomic mass is 16.5. The molecular weight excluding hydrogens is 342 g/mol. The molecular formula is C20H23N5O2. The van der Waals surface area contributed by atoms with Gasteiger partial charge in [-0.1, -0.05) is 0 Å². The molecule has 2 saturated heterocycles. The molecule has 0 N–H and O–H groups in total. The summed E-state index contributed by atoms with van der Waals surface area (Å²) in [5.41, 5.74) is 1.72. The minimum atomic E-state index is 0.0129. The highest BCUT2D eigenvalue weighted by Crippen LogP contribution is 2.40. The molecule has 2 aliphatic heterocycles. The van der Waals surface area contributed by atoms with E-state index in [1.165, 1.54) is 18.5 Å². The predicted octanol–water partition coefficient (Wildman–Crippen LogP) is 1.97. The van der Waals surface area contributed by atoms with Gasteiger partial charge in [0, 0.05) is 61.9 Å². The van der Waals surface area contributed by atoms with E-state index in [2.05, 4.69) is 25.9 Å². The number of carbonyl (C=O) groups excluding carboxylic acids is 1. The van der Waals surface area contributed by atoms with Gasteiger partial charge in [0.05, 0.1) is 7.11 Å². The molecule has 2 unspecified atom stereocenters. The van der Waals surface area contributed by atoms with Crippen LogP contribution in [0.15, 0.2) is 30.7 Å². The number of nitrogens with zero attached hydrogens (tertiary/aromatic N) is 5. The summed E-state index contributed by atoms with van der Waals surface area (Å²) in [4.78, 5) is 30.3. The zero-order chi connectivity index (χ0) is 18.4. The second kappa shape index (κ2) is 6.48. The fourth-order valence-corrected chi connectivity index (χ4v) is 4.37. The monoisotopic (exact) mass is 365 g/mol. The third kappa shape index (κ3) is 3.01. The van der Waals surface area contributed by atoms with Crippen LogP contribution in [0.2, 0.25) is 0 Å². The maximum atomic E-state index is 12.9. The molecule has 7 nitrogen and oxygen atoms in total. The summed E-state index contributed by atoms with van der Waals surface area (Å²) in [6.45, 7) is 3.44. The minimum absolute atomic E-state index is 0.0129. The third-order valence-electron chi connectivity index (χ3n) is 5.96. The van der Waals surface area contributed by atoms with E-state index in [1.807, 2.05) is 4.90 Å². The predicted molar refractivity (Wildman–Crippen MR) is 99.9 cm³/mol. The van der Waals surface area contributed by atoms with Gasteiger partial charge >= 0.3 is 0 Å². The molecule has 4 heterocycles. The number of likely N-dealkylation sites (tertiary alicyclic amines) is 1. The standard InChI is InChI=1S/C20H23N5O2/c1-27-19-16(3-2-6-21-19)20(26)25-10-14-8-24(9-15(14)11-25)18-7-17(13-4-5-13)22-12-23-18/h2-3,6-7,12-15H,4-5,8-11H2,1H3. The maximum Gasteiger partial charge on any atom is 0.259 e. The van der Waals surface area contributed by atoms with Crippen LogP contribution in [0.5, 0.6) is 5.88 Å². The number of anilines is 1. The van der Waals surface area contributed by atoms with Gasteiger partial charge < -0.3 is 14.5 Å². The van der Waals surface area contributed by atoms with Gasteiger partial charge in [-0.05, 0) is 25.0 Å². The Kier molecular flexibility index (Phi) is 3.95. The van der Waals surface area contributed by atoms with Crippen molar-refractivity contribution in [3.8, 4) is 5.88 Å². The Hall–Kier alpha value is -2.70. The summed E-state index contributed by atoms with van der Waals surface area (Å²) in [6.07, 6.45) is 5.83. The Morgan fingerprint density at radius 1 is 1.11 bits per heavy atom. The Bertz CT molecular complexity index is 855. The smallest absolute Gasteiger partial charge is 0.259 e. The first-order valence-electron chi connectivity index (χ1n) is 9.58. The quantitative estimate of drug-likeness (QED) is 0.825. The lowest BCUT2D eigenvalue weighted by Gasteiger charge is -2.23. The summed E-state index contributed by atoms with van der Waals surface area (Å²) in [5.74, 6) is 3.05. The van der Waals surface area contributed by atoms with E-state index in [-0.39, 0.29) is 5.91 Å². The SMILES string of the molecule is COc1ncccc1C(=O)N1CC2CN(c3cc(C4CC4)ncn3)CC2C1. The van der Waals surface area contributed by atoms with Crippen LogP contribution in [0.25, 0.3) is 0 Å². The summed E-state index contributed by atoms with van der Waals surface area (Å²) >= 11 is 0. The largest absolute Gasteiger partial charge is 0.480 e. The van der Waals surface area contributed by atoms with E-state index in [4.69, 9.17) is 4.74 Å². The van der Waals surface area contributed by atoms with E-state index >= 15 is 0 Å². The molecule has 7 heteroatoms. The molecule has 1 saturated carbocycles. The number of hydrogen-bond donors (Lipinski definition) is 0. The van der Waals surface area contributed by atoms with Gasteiger partial charge in [0.2, 0.25) is 5.88 Å². The highest BCUT2D eigenvalue weighted by Gasteiger charge is 2.42. The number of hydrogen-bond acceptors (Lipinski definition) is 6. The van der Waals surface area contributed by atoms with Crippen molar-refractivity contribution >= 4 is 11.7 Å². The van der Waals surface area contributed by atoms with E-state index in [0.717, 1.165) is 32.0 Å². The second-order valence-electron chi connectivity index (χ2n) is 7.77. The number of fused-ring (bicyclic) bond motifs is 1. The Balaban J connectivity index is 1.27. The van der Waals surface area contributed by atoms with Crippen LogP contribution in [0.4, 0.5) is 5.82 Å². The molecule has 27 heavy (non-hydrogen) atoms. The fourth-order valence-electron chi connectivity index (χ4n) is 4.37. The van der Waals surface area contributed by atoms with Crippen LogP contribution < -0.4 is 9.64 Å². The van der Waals surface area contributed by atoms with Crippen LogP contribution in [0.1, 0.15) is 34.8 Å². The first kappa shape index (κ1) is 16.5. The van der Waals surface area contributed by atoms with Crippen molar-refractivity contribution in [2.24, 2.45) is 11.8 Å². The Morgan fingerprint density at radius 2 is 1.89 bits per heavy atom. The van der Waals surface area contributed by atoms with Crippen LogP contribution in [-0.2, 0) is 0 Å². The van der Waals surface area contributed by atoms with Crippen LogP contribution >= 0.6 is 0 Å². The van der Waals surface area contributed by atoms with Crippen molar-refractivity contribution in [3.63, 3.8) is 0 Å². The van der Waals surface area contributed by atoms with Gasteiger partial charge in [-0.25, -0.2) is 15.0 Å². The molecule has 0 spiro atoms. The molecule has 0 aromatic carbocycles. The molecule has 2 aromatic rings. The topological polar surface area (TPSA) is 71.5 Å². The Morgan fingerprint density at radius 3 is 2.59 bits per heavy atom. The number of rotatable bonds is 4. The average Bonchev–Trinajstić information content (AvgIpc) is 3.37. The third-order valence-corrected chi connectivity index (χ3v) is 5.96. The van der Waals surface area contributed by atoms with Gasteiger partial charge in [-0.3, -0.25) is 4.79 Å². The van der Waals surface area contributed by atoms with Gasteiger partial charge in [-0.2, -0.15) is 0 Å². The zero-order valence-electron chi connectivity index (χ0n) is 15.4. The first-order chi connectivity index (χ1) is 13.2. The minimum Gasteiger partial charge on any atom is -0.480 e. The molecule has 140 valence electrons. The van der Waals surface area contributed by atoms with Crippen molar-refractivity contribution in [1.29, 1.82) is 0 Å². The molecule has 0 bridgehead atoms. The average molecular weight is 365 g/mol. The van der Waals surface area contributed by atoms with Crippen molar-refractivity contribution in [3.05, 3.63) is 42.0 Å². The molecule has 1 aliphatic carbocycles. The first-order valence-corrected chi connectivity index (χ1v) is 9.58. The van der Waals surface area contributed by atoms with Gasteiger partial charge in [0.25, 0.3) is 5.91 Å². The Labute approximate surface area is 158 Å². The van der Waals surface area contributed by atoms with Crippen LogP contribution in [-0.4, -0.2) is 59.0 Å². The zero-order valence-corrected chi connectivity index (χ0v) is 15.4. The summed E-state index contributed by atoms with van der Waals surface area (Å²) < 4.78 is 5.25. The molecule has 3 aliphatic rings. The van der Waals surface area contributed by atoms with E-state index < -0.39 is 0 Å². The maximum absolute atomic E-state index is 12.9. The number of ether oxygens (including phenoxy) is 1. The fraction of sp³-hybridized carbons (Fsp3) is 0.500. The lowest BCUT2D eigenvalue weighted by molar-refractivity contribution is 0.0778. The van der Waals surface area contributed by atoms with Crippen LogP contribution in [0.3, 0.4) is 0 Å². The number of carbonyl (C=O) groups is 1. The number of methoxy groups -OCH3 is 1. The number of aromatic nitrogens is 3. The van der Waals surface area contributed by atoms with Crippen molar-refractivity contribution in [2.75, 3.05) is 38.2 Å². The normalized spacial score (nSPS) is 24.2. The molecule has 2 atom stereocenters. The lowest BCUT2D eigenvalue weighted by Crippen LogP contribution is -2.33. The molecule has 3 fully saturated rings. The van der Waals surface area contributed by atoms with Gasteiger partial charge in [0.1, 0.15) is 17.7 Å². The van der Waals surface area contributed by atoms with E-state index in [9.17, 15) is 4.79 Å². The van der Waals surface area contributed by atoms with E-state index in [1.54, 1.807) is 31.8 Å². The molecule has 5 rings (SSSR count). The van der Waals surface area contributed by atoms with Crippen molar-refractivity contribution in [1.82, 2.24) is 19.9 Å². The number of amides is 1. The molecule has 2 aromatic heterocycles. The van der Waals surface area contributed by atoms with Crippen LogP contribution in [0, 0.1) is 11.8 Å². The van der Waals surface area contributed by atoms with E-state index in [0.29, 0.717) is 29.2 Å². The second-order valence-corrected chi connectivity index (χ2v) is 7.77. The summed E-state index contributed by atoms with van der Waals surface area (Å²) in [5, 5.41) is 0. The summed E-state index contributed by atoms with van der Waals surface area (Å²) in [7, 11) is 1.55. The lowest BCUT2D eigenvalue weighted by atomic mass is 10.0. The number of pyridine rings is 1. The van der Waals surface area contributed by atoms with Gasteiger partial charge in [-0.15, -0.1) is 0 Å². The molecule has 0 radical (unpaired) electrons. The van der Waals surface area contributed by atoms with Gasteiger partial charge in [0.15, 0.2) is 0 Å². The molecule has 1 amide bonds. The van der Waals surface area contributed by atoms with Crippen molar-refractivity contribution < 1.29 is 9.53 Å². The highest BCUT2D eigenvalue weighted by molar-refractivity contribution is 5.96. The van der Waals surface area contributed by atoms with Crippen molar-refractivity contribution in [2.45, 2.75) is 18.8 Å². The summed E-state index contributed by atoms with van der Waals surface area (Å²) in [6, 6.07) is 5.72.